The van der Waals surface area contributed by atoms with Crippen molar-refractivity contribution in [1.82, 2.24) is 29.9 Å². The van der Waals surface area contributed by atoms with Crippen LogP contribution in [0.3, 0.4) is 0 Å². The number of aryl methyl sites for hydroxylation is 1. The van der Waals surface area contributed by atoms with Gasteiger partial charge in [0.05, 0.1) is 30.7 Å². The largest absolute Gasteiger partial charge is 0.495 e. The summed E-state index contributed by atoms with van der Waals surface area (Å²) in [5.41, 5.74) is 3.48. The first-order chi connectivity index (χ1) is 18.1. The second-order valence-corrected chi connectivity index (χ2v) is 8.93. The number of nitrogens with one attached hydrogen (secondary N) is 1. The van der Waals surface area contributed by atoms with Gasteiger partial charge in [-0.3, -0.25) is 14.3 Å². The fourth-order valence-corrected chi connectivity index (χ4v) is 4.49. The van der Waals surface area contributed by atoms with Crippen LogP contribution in [-0.2, 0) is 17.0 Å². The van der Waals surface area contributed by atoms with Crippen molar-refractivity contribution >= 4 is 23.4 Å². The molecule has 0 radical (unpaired) electrons. The Kier molecular flexibility index (Phi) is 7.22. The van der Waals surface area contributed by atoms with Crippen molar-refractivity contribution in [2.45, 2.75) is 24.3 Å². The zero-order valence-electron chi connectivity index (χ0n) is 20.2. The number of nitrogens with zero attached hydrogens (tertiary/aromatic N) is 6. The maximum absolute atomic E-state index is 12.5. The molecule has 0 saturated carbocycles. The Morgan fingerprint density at radius 3 is 2.73 bits per heavy atom. The predicted molar refractivity (Wildman–Crippen MR) is 139 cm³/mol. The van der Waals surface area contributed by atoms with Gasteiger partial charge in [0.15, 0.2) is 16.8 Å². The number of hydrogen-bond donors (Lipinski definition) is 1. The van der Waals surface area contributed by atoms with E-state index in [0.717, 1.165) is 16.8 Å². The maximum Gasteiger partial charge on any atom is 0.237 e. The van der Waals surface area contributed by atoms with E-state index < -0.39 is 0 Å². The number of benzene rings is 2. The van der Waals surface area contributed by atoms with Crippen LogP contribution >= 0.6 is 11.8 Å². The van der Waals surface area contributed by atoms with Crippen LogP contribution in [0.25, 0.3) is 17.1 Å². The molecular formula is C26H23N7O3S. The Balaban J connectivity index is 1.31. The molecule has 5 aromatic rings. The molecule has 0 fully saturated rings. The molecule has 11 heteroatoms. The minimum Gasteiger partial charge on any atom is -0.495 e. The van der Waals surface area contributed by atoms with E-state index in [4.69, 9.17) is 9.26 Å². The Morgan fingerprint density at radius 1 is 1.08 bits per heavy atom. The number of carbonyl (C=O) groups is 1. The van der Waals surface area contributed by atoms with E-state index in [-0.39, 0.29) is 12.3 Å². The highest BCUT2D eigenvalue weighted by Gasteiger charge is 2.19. The highest BCUT2D eigenvalue weighted by Crippen LogP contribution is 2.30. The minimum atomic E-state index is -0.273. The summed E-state index contributed by atoms with van der Waals surface area (Å²) in [5, 5.41) is 16.3. The molecule has 0 aliphatic rings. The van der Waals surface area contributed by atoms with Gasteiger partial charge >= 0.3 is 0 Å². The molecule has 1 N–H and O–H groups in total. The van der Waals surface area contributed by atoms with Crippen LogP contribution in [0.1, 0.15) is 17.3 Å². The van der Waals surface area contributed by atoms with E-state index in [1.165, 1.54) is 11.8 Å². The lowest BCUT2D eigenvalue weighted by Crippen LogP contribution is -2.15. The van der Waals surface area contributed by atoms with E-state index in [0.29, 0.717) is 39.9 Å². The lowest BCUT2D eigenvalue weighted by molar-refractivity contribution is -0.115. The van der Waals surface area contributed by atoms with Crippen LogP contribution in [0, 0.1) is 6.92 Å². The molecule has 5 rings (SSSR count). The third-order valence-electron chi connectivity index (χ3n) is 5.44. The summed E-state index contributed by atoms with van der Waals surface area (Å²) in [5.74, 6) is 2.02. The molecule has 0 saturated heterocycles. The summed E-state index contributed by atoms with van der Waals surface area (Å²) in [6.45, 7) is 2.04. The Labute approximate surface area is 217 Å². The van der Waals surface area contributed by atoms with Crippen molar-refractivity contribution in [2.75, 3.05) is 12.4 Å². The van der Waals surface area contributed by atoms with Crippen LogP contribution in [0.5, 0.6) is 5.75 Å². The van der Waals surface area contributed by atoms with Gasteiger partial charge in [-0.05, 0) is 42.8 Å². The third-order valence-corrected chi connectivity index (χ3v) is 6.36. The first-order valence-electron chi connectivity index (χ1n) is 11.4. The molecule has 0 atom stereocenters. The minimum absolute atomic E-state index is 0.0310. The van der Waals surface area contributed by atoms with E-state index in [1.807, 2.05) is 60.0 Å². The van der Waals surface area contributed by atoms with Gasteiger partial charge in [0.1, 0.15) is 5.75 Å². The molecule has 0 aliphatic heterocycles. The lowest BCUT2D eigenvalue weighted by Gasteiger charge is -2.12. The first kappa shape index (κ1) is 24.2. The number of rotatable bonds is 9. The Bertz CT molecular complexity index is 1520. The van der Waals surface area contributed by atoms with Crippen LogP contribution in [0.2, 0.25) is 0 Å². The van der Waals surface area contributed by atoms with Crippen LogP contribution in [0.15, 0.2) is 82.7 Å². The molecule has 3 heterocycles. The van der Waals surface area contributed by atoms with Crippen LogP contribution < -0.4 is 10.1 Å². The molecule has 0 aliphatic carbocycles. The summed E-state index contributed by atoms with van der Waals surface area (Å²) in [6, 6.07) is 19.0. The molecule has 0 unspecified atom stereocenters. The van der Waals surface area contributed by atoms with Crippen molar-refractivity contribution in [2.24, 2.45) is 0 Å². The number of amides is 1. The molecule has 37 heavy (non-hydrogen) atoms. The standard InChI is InChI=1S/C26H23N7O3S/c1-17-8-3-5-11-20(17)33-25(18-9-7-13-27-15-18)30-31-26(33)37-16-24-29-22(32-36-24)14-23(34)28-19-10-4-6-12-21(19)35-2/h3-13,15H,14,16H2,1-2H3,(H,28,34). The summed E-state index contributed by atoms with van der Waals surface area (Å²) in [4.78, 5) is 21.1. The number of ether oxygens (including phenoxy) is 1. The molecular weight excluding hydrogens is 490 g/mol. The quantitative estimate of drug-likeness (QED) is 0.284. The average Bonchev–Trinajstić information content (AvgIpc) is 3.55. The number of anilines is 1. The van der Waals surface area contributed by atoms with Crippen LogP contribution in [0.4, 0.5) is 5.69 Å². The lowest BCUT2D eigenvalue weighted by atomic mass is 10.2. The van der Waals surface area contributed by atoms with E-state index >= 15 is 0 Å². The van der Waals surface area contributed by atoms with Crippen molar-refractivity contribution in [3.8, 4) is 22.8 Å². The zero-order valence-corrected chi connectivity index (χ0v) is 21.0. The Morgan fingerprint density at radius 2 is 1.92 bits per heavy atom. The molecule has 1 amide bonds. The normalized spacial score (nSPS) is 10.9. The smallest absolute Gasteiger partial charge is 0.237 e. The predicted octanol–water partition coefficient (Wildman–Crippen LogP) is 4.50. The van der Waals surface area contributed by atoms with Gasteiger partial charge in [-0.25, -0.2) is 0 Å². The van der Waals surface area contributed by atoms with Crippen LogP contribution in [-0.4, -0.2) is 42.9 Å². The van der Waals surface area contributed by atoms with E-state index in [2.05, 4.69) is 30.6 Å². The second kappa shape index (κ2) is 11.0. The summed E-state index contributed by atoms with van der Waals surface area (Å²) in [7, 11) is 1.55. The van der Waals surface area contributed by atoms with Gasteiger partial charge in [0.2, 0.25) is 11.8 Å². The summed E-state index contributed by atoms with van der Waals surface area (Å²) >= 11 is 1.41. The molecule has 3 aromatic heterocycles. The number of pyridine rings is 1. The van der Waals surface area contributed by atoms with Gasteiger partial charge < -0.3 is 14.6 Å². The molecule has 2 aromatic carbocycles. The van der Waals surface area contributed by atoms with Gasteiger partial charge in [0, 0.05) is 18.0 Å². The number of methoxy groups -OCH3 is 1. The fraction of sp³-hybridized carbons (Fsp3) is 0.154. The number of aromatic nitrogens is 6. The SMILES string of the molecule is COc1ccccc1NC(=O)Cc1noc(CSc2nnc(-c3cccnc3)n2-c2ccccc2C)n1. The zero-order chi connectivity index (χ0) is 25.6. The Hall–Kier alpha value is -4.51. The molecule has 0 spiro atoms. The number of para-hydroxylation sites is 3. The van der Waals surface area contributed by atoms with Gasteiger partial charge in [-0.2, -0.15) is 4.98 Å². The number of hydrogen-bond acceptors (Lipinski definition) is 9. The van der Waals surface area contributed by atoms with Crippen molar-refractivity contribution < 1.29 is 14.1 Å². The molecule has 10 nitrogen and oxygen atoms in total. The molecule has 186 valence electrons. The van der Waals surface area contributed by atoms with Crippen molar-refractivity contribution in [1.29, 1.82) is 0 Å². The number of thioether (sulfide) groups is 1. The maximum atomic E-state index is 12.5. The topological polar surface area (TPSA) is 121 Å². The van der Waals surface area contributed by atoms with Gasteiger partial charge in [-0.1, -0.05) is 47.3 Å². The number of carbonyl (C=O) groups excluding carboxylic acids is 1. The fourth-order valence-electron chi connectivity index (χ4n) is 3.71. The third kappa shape index (κ3) is 5.51. The van der Waals surface area contributed by atoms with E-state index in [1.54, 1.807) is 31.6 Å². The van der Waals surface area contributed by atoms with Crippen molar-refractivity contribution in [3.63, 3.8) is 0 Å². The highest BCUT2D eigenvalue weighted by molar-refractivity contribution is 7.98. The summed E-state index contributed by atoms with van der Waals surface area (Å²) in [6.07, 6.45) is 3.45. The average molecular weight is 514 g/mol. The highest BCUT2D eigenvalue weighted by atomic mass is 32.2. The van der Waals surface area contributed by atoms with Crippen molar-refractivity contribution in [3.05, 3.63) is 90.3 Å². The second-order valence-electron chi connectivity index (χ2n) is 7.99. The van der Waals surface area contributed by atoms with E-state index in [9.17, 15) is 4.79 Å². The van der Waals surface area contributed by atoms with Gasteiger partial charge in [-0.15, -0.1) is 10.2 Å². The monoisotopic (exact) mass is 513 g/mol. The summed E-state index contributed by atoms with van der Waals surface area (Å²) < 4.78 is 12.7. The van der Waals surface area contributed by atoms with Gasteiger partial charge in [0.25, 0.3) is 0 Å². The molecule has 0 bridgehead atoms. The first-order valence-corrected chi connectivity index (χ1v) is 12.4.